The minimum atomic E-state index is -0.0270. The van der Waals surface area contributed by atoms with Crippen molar-refractivity contribution < 1.29 is 9.32 Å². The molecule has 0 aromatic carbocycles. The molecule has 1 fully saturated rings. The fourth-order valence-corrected chi connectivity index (χ4v) is 2.84. The van der Waals surface area contributed by atoms with Gasteiger partial charge in [0.25, 0.3) is 0 Å². The number of carbonyl (C=O) groups is 1. The summed E-state index contributed by atoms with van der Waals surface area (Å²) in [5.74, 6) is 2.02. The molecule has 76 valence electrons. The van der Waals surface area contributed by atoms with Gasteiger partial charge in [-0.3, -0.25) is 4.79 Å². The van der Waals surface area contributed by atoms with Crippen molar-refractivity contribution >= 4 is 17.5 Å². The summed E-state index contributed by atoms with van der Waals surface area (Å²) >= 11 is 1.90. The van der Waals surface area contributed by atoms with Gasteiger partial charge in [0.05, 0.1) is 5.25 Å². The van der Waals surface area contributed by atoms with Crippen molar-refractivity contribution in [3.05, 3.63) is 17.5 Å². The number of aromatic nitrogens is 1. The van der Waals surface area contributed by atoms with E-state index in [4.69, 9.17) is 4.52 Å². The molecule has 2 rings (SSSR count). The summed E-state index contributed by atoms with van der Waals surface area (Å²) in [6, 6.07) is 1.78. The second-order valence-corrected chi connectivity index (χ2v) is 4.84. The molecule has 14 heavy (non-hydrogen) atoms. The van der Waals surface area contributed by atoms with Gasteiger partial charge >= 0.3 is 0 Å². The van der Waals surface area contributed by atoms with Crippen LogP contribution < -0.4 is 0 Å². The topological polar surface area (TPSA) is 43.1 Å². The highest BCUT2D eigenvalue weighted by Crippen LogP contribution is 2.38. The van der Waals surface area contributed by atoms with E-state index in [2.05, 4.69) is 5.16 Å². The maximum Gasteiger partial charge on any atom is 0.181 e. The molecule has 0 saturated carbocycles. The Labute approximate surface area is 87.2 Å². The highest BCUT2D eigenvalue weighted by Gasteiger charge is 2.21. The Morgan fingerprint density at radius 2 is 2.50 bits per heavy atom. The zero-order valence-electron chi connectivity index (χ0n) is 8.16. The smallest absolute Gasteiger partial charge is 0.181 e. The highest BCUT2D eigenvalue weighted by atomic mass is 32.2. The van der Waals surface area contributed by atoms with Gasteiger partial charge in [0.2, 0.25) is 0 Å². The fraction of sp³-hybridized carbons (Fsp3) is 0.600. The molecule has 1 atom stereocenters. The van der Waals surface area contributed by atoms with Crippen LogP contribution in [0.25, 0.3) is 0 Å². The van der Waals surface area contributed by atoms with Crippen molar-refractivity contribution in [3.63, 3.8) is 0 Å². The van der Waals surface area contributed by atoms with Crippen LogP contribution in [0.3, 0.4) is 0 Å². The van der Waals surface area contributed by atoms with Gasteiger partial charge in [-0.1, -0.05) is 11.6 Å². The SMILES string of the molecule is CC(=O)c1cc(C2CCCCS2)on1. The normalized spacial score (nSPS) is 22.2. The second-order valence-electron chi connectivity index (χ2n) is 3.53. The summed E-state index contributed by atoms with van der Waals surface area (Å²) in [6.07, 6.45) is 3.67. The molecule has 0 bridgehead atoms. The van der Waals surface area contributed by atoms with Crippen LogP contribution in [-0.4, -0.2) is 16.7 Å². The van der Waals surface area contributed by atoms with Crippen LogP contribution in [0.4, 0.5) is 0 Å². The van der Waals surface area contributed by atoms with Gasteiger partial charge in [0.1, 0.15) is 11.5 Å². The molecule has 0 N–H and O–H groups in total. The first kappa shape index (κ1) is 9.77. The molecular formula is C10H13NO2S. The molecule has 1 saturated heterocycles. The van der Waals surface area contributed by atoms with Crippen molar-refractivity contribution in [3.8, 4) is 0 Å². The summed E-state index contributed by atoms with van der Waals surface area (Å²) in [4.78, 5) is 11.0. The van der Waals surface area contributed by atoms with Crippen molar-refractivity contribution in [1.82, 2.24) is 5.16 Å². The number of ketones is 1. The lowest BCUT2D eigenvalue weighted by atomic mass is 10.1. The molecule has 1 aromatic rings. The Morgan fingerprint density at radius 3 is 3.07 bits per heavy atom. The van der Waals surface area contributed by atoms with Crippen molar-refractivity contribution in [2.45, 2.75) is 31.4 Å². The maximum atomic E-state index is 11.0. The Balaban J connectivity index is 2.11. The molecule has 1 aromatic heterocycles. The molecule has 0 amide bonds. The number of hydrogen-bond donors (Lipinski definition) is 0. The monoisotopic (exact) mass is 211 g/mol. The second kappa shape index (κ2) is 4.17. The number of rotatable bonds is 2. The van der Waals surface area contributed by atoms with Crippen LogP contribution in [0.15, 0.2) is 10.6 Å². The average Bonchev–Trinajstić information content (AvgIpc) is 2.68. The standard InChI is InChI=1S/C10H13NO2S/c1-7(12)8-6-9(13-11-8)10-4-2-3-5-14-10/h6,10H,2-5H2,1H3. The highest BCUT2D eigenvalue weighted by molar-refractivity contribution is 7.99. The van der Waals surface area contributed by atoms with Gasteiger partial charge in [-0.05, 0) is 18.6 Å². The Hall–Kier alpha value is -0.770. The van der Waals surface area contributed by atoms with E-state index in [9.17, 15) is 4.79 Å². The van der Waals surface area contributed by atoms with E-state index in [1.165, 1.54) is 25.5 Å². The van der Waals surface area contributed by atoms with Gasteiger partial charge in [0, 0.05) is 13.0 Å². The summed E-state index contributed by atoms with van der Waals surface area (Å²) in [7, 11) is 0. The summed E-state index contributed by atoms with van der Waals surface area (Å²) in [6.45, 7) is 1.51. The number of Topliss-reactive ketones (excluding diaryl/α,β-unsaturated/α-hetero) is 1. The van der Waals surface area contributed by atoms with Crippen LogP contribution >= 0.6 is 11.8 Å². The lowest BCUT2D eigenvalue weighted by Crippen LogP contribution is -2.00. The minimum Gasteiger partial charge on any atom is -0.359 e. The Kier molecular flexibility index (Phi) is 2.91. The van der Waals surface area contributed by atoms with Gasteiger partial charge < -0.3 is 4.52 Å². The van der Waals surface area contributed by atoms with E-state index in [-0.39, 0.29) is 5.78 Å². The third kappa shape index (κ3) is 2.00. The molecule has 0 aliphatic carbocycles. The lowest BCUT2D eigenvalue weighted by molar-refractivity contribution is 0.100. The van der Waals surface area contributed by atoms with E-state index in [0.29, 0.717) is 10.9 Å². The first-order valence-corrected chi connectivity index (χ1v) is 5.91. The van der Waals surface area contributed by atoms with E-state index >= 15 is 0 Å². The van der Waals surface area contributed by atoms with Crippen molar-refractivity contribution in [2.75, 3.05) is 5.75 Å². The van der Waals surface area contributed by atoms with Gasteiger partial charge in [-0.15, -0.1) is 0 Å². The van der Waals surface area contributed by atoms with Crippen molar-refractivity contribution in [2.24, 2.45) is 0 Å². The number of thioether (sulfide) groups is 1. The molecule has 1 unspecified atom stereocenters. The quantitative estimate of drug-likeness (QED) is 0.705. The van der Waals surface area contributed by atoms with Crippen LogP contribution in [0.1, 0.15) is 47.7 Å². The summed E-state index contributed by atoms with van der Waals surface area (Å²) in [5.41, 5.74) is 0.450. The minimum absolute atomic E-state index is 0.0270. The molecular weight excluding hydrogens is 198 g/mol. The van der Waals surface area contributed by atoms with E-state index in [0.717, 1.165) is 12.2 Å². The predicted molar refractivity (Wildman–Crippen MR) is 55.6 cm³/mol. The molecule has 1 aliphatic rings. The Bertz CT molecular complexity index is 329. The largest absolute Gasteiger partial charge is 0.359 e. The molecule has 4 heteroatoms. The molecule has 1 aliphatic heterocycles. The summed E-state index contributed by atoms with van der Waals surface area (Å²) in [5, 5.41) is 4.16. The van der Waals surface area contributed by atoms with Crippen LogP contribution in [0, 0.1) is 0 Å². The lowest BCUT2D eigenvalue weighted by Gasteiger charge is -2.17. The van der Waals surface area contributed by atoms with E-state index in [1.807, 2.05) is 11.8 Å². The first-order valence-electron chi connectivity index (χ1n) is 4.86. The fourth-order valence-electron chi connectivity index (χ4n) is 1.57. The number of carbonyl (C=O) groups excluding carboxylic acids is 1. The van der Waals surface area contributed by atoms with E-state index < -0.39 is 0 Å². The van der Waals surface area contributed by atoms with Crippen molar-refractivity contribution in [1.29, 1.82) is 0 Å². The van der Waals surface area contributed by atoms with Gasteiger partial charge in [-0.25, -0.2) is 0 Å². The van der Waals surface area contributed by atoms with Crippen LogP contribution in [0.5, 0.6) is 0 Å². The third-order valence-electron chi connectivity index (χ3n) is 2.39. The third-order valence-corrected chi connectivity index (χ3v) is 3.78. The maximum absolute atomic E-state index is 11.0. The first-order chi connectivity index (χ1) is 6.77. The molecule has 2 heterocycles. The van der Waals surface area contributed by atoms with Crippen LogP contribution in [0.2, 0.25) is 0 Å². The van der Waals surface area contributed by atoms with E-state index in [1.54, 1.807) is 6.07 Å². The molecule has 0 radical (unpaired) electrons. The molecule has 0 spiro atoms. The van der Waals surface area contributed by atoms with Gasteiger partial charge in [0.15, 0.2) is 5.78 Å². The van der Waals surface area contributed by atoms with Crippen LogP contribution in [-0.2, 0) is 0 Å². The average molecular weight is 211 g/mol. The zero-order chi connectivity index (χ0) is 9.97. The Morgan fingerprint density at radius 1 is 1.64 bits per heavy atom. The summed E-state index contributed by atoms with van der Waals surface area (Å²) < 4.78 is 5.17. The zero-order valence-corrected chi connectivity index (χ0v) is 8.97. The van der Waals surface area contributed by atoms with Gasteiger partial charge in [-0.2, -0.15) is 11.8 Å². The number of hydrogen-bond acceptors (Lipinski definition) is 4. The predicted octanol–water partition coefficient (Wildman–Crippen LogP) is 2.84. The number of nitrogens with zero attached hydrogens (tertiary/aromatic N) is 1. The molecule has 3 nitrogen and oxygen atoms in total.